The van der Waals surface area contributed by atoms with Crippen molar-refractivity contribution < 1.29 is 37.1 Å². The van der Waals surface area contributed by atoms with Crippen LogP contribution >= 0.6 is 0 Å². The average molecular weight is 415 g/mol. The van der Waals surface area contributed by atoms with Crippen LogP contribution in [0.5, 0.6) is 0 Å². The maximum Gasteiger partial charge on any atom is 0.454 e. The van der Waals surface area contributed by atoms with E-state index in [0.717, 1.165) is 6.20 Å². The first-order valence-corrected chi connectivity index (χ1v) is 8.45. The van der Waals surface area contributed by atoms with Crippen molar-refractivity contribution in [3.8, 4) is 0 Å². The van der Waals surface area contributed by atoms with E-state index in [9.17, 15) is 32.3 Å². The van der Waals surface area contributed by atoms with Crippen LogP contribution in [0.3, 0.4) is 0 Å². The van der Waals surface area contributed by atoms with Crippen LogP contribution in [-0.2, 0) is 14.3 Å². The summed E-state index contributed by atoms with van der Waals surface area (Å²) in [6.07, 6.45) is -3.35. The highest BCUT2D eigenvalue weighted by Gasteiger charge is 2.36. The number of amides is 3. The highest BCUT2D eigenvalue weighted by atomic mass is 19.4. The van der Waals surface area contributed by atoms with E-state index in [2.05, 4.69) is 10.6 Å². The van der Waals surface area contributed by atoms with Crippen LogP contribution in [0.25, 0.3) is 0 Å². The van der Waals surface area contributed by atoms with Crippen LogP contribution in [0.1, 0.15) is 30.6 Å². The number of urea groups is 1. The van der Waals surface area contributed by atoms with Crippen molar-refractivity contribution in [2.45, 2.75) is 32.5 Å². The van der Waals surface area contributed by atoms with E-state index in [4.69, 9.17) is 4.74 Å². The number of carbonyl (C=O) groups is 4. The number of para-hydroxylation sites is 1. The fourth-order valence-electron chi connectivity index (χ4n) is 1.82. The second kappa shape index (κ2) is 10.8. The smallest absolute Gasteiger partial charge is 0.452 e. The zero-order valence-electron chi connectivity index (χ0n) is 15.6. The number of rotatable bonds is 8. The normalized spacial score (nSPS) is 12.2. The Morgan fingerprint density at radius 2 is 1.83 bits per heavy atom. The molecule has 0 saturated heterocycles. The summed E-state index contributed by atoms with van der Waals surface area (Å²) in [5.74, 6) is -3.89. The Labute approximate surface area is 164 Å². The summed E-state index contributed by atoms with van der Waals surface area (Å²) in [5, 5.41) is 6.86. The van der Waals surface area contributed by atoms with Crippen molar-refractivity contribution >= 4 is 29.4 Å². The fourth-order valence-corrected chi connectivity index (χ4v) is 1.82. The van der Waals surface area contributed by atoms with Gasteiger partial charge in [0.15, 0.2) is 6.61 Å². The van der Waals surface area contributed by atoms with E-state index < -0.39 is 36.5 Å². The molecule has 0 spiro atoms. The number of imide groups is 1. The number of benzene rings is 1. The summed E-state index contributed by atoms with van der Waals surface area (Å²) in [6.45, 7) is 2.84. The molecule has 0 aromatic heterocycles. The molecule has 0 aliphatic carbocycles. The van der Waals surface area contributed by atoms with Crippen LogP contribution in [0.2, 0.25) is 0 Å². The summed E-state index contributed by atoms with van der Waals surface area (Å²) in [5.41, 5.74) is -0.0351. The summed E-state index contributed by atoms with van der Waals surface area (Å²) >= 11 is 0. The van der Waals surface area contributed by atoms with Gasteiger partial charge in [0.05, 0.1) is 11.3 Å². The zero-order valence-corrected chi connectivity index (χ0v) is 15.6. The van der Waals surface area contributed by atoms with Crippen molar-refractivity contribution in [1.29, 1.82) is 0 Å². The highest BCUT2D eigenvalue weighted by Crippen LogP contribution is 2.18. The largest absolute Gasteiger partial charge is 0.454 e. The Balaban J connectivity index is 2.65. The third-order valence-corrected chi connectivity index (χ3v) is 3.48. The van der Waals surface area contributed by atoms with E-state index in [1.165, 1.54) is 24.3 Å². The topological polar surface area (TPSA) is 114 Å². The lowest BCUT2D eigenvalue weighted by atomic mass is 10.2. The molecule has 3 N–H and O–H groups in total. The van der Waals surface area contributed by atoms with Crippen LogP contribution < -0.4 is 16.0 Å². The van der Waals surface area contributed by atoms with Crippen molar-refractivity contribution in [2.24, 2.45) is 0 Å². The number of hydrogen-bond donors (Lipinski definition) is 3. The van der Waals surface area contributed by atoms with Gasteiger partial charge in [-0.1, -0.05) is 19.1 Å². The molecule has 1 atom stereocenters. The lowest BCUT2D eigenvalue weighted by Crippen LogP contribution is -2.44. The maximum absolute atomic E-state index is 12.2. The average Bonchev–Trinajstić information content (AvgIpc) is 2.65. The number of esters is 1. The number of ether oxygens (including phenoxy) is 1. The molecule has 158 valence electrons. The molecule has 1 rings (SSSR count). The molecule has 0 saturated carbocycles. The molecular formula is C18H20F3N3O5. The third kappa shape index (κ3) is 8.45. The Kier molecular flexibility index (Phi) is 8.84. The van der Waals surface area contributed by atoms with E-state index >= 15 is 0 Å². The SMILES string of the molecule is CC[C@@H](C)NC(=O)NC(=O)COC(=O)c1ccccc1N/C=C/C(=O)C(F)(F)F. The van der Waals surface area contributed by atoms with Gasteiger partial charge in [-0.2, -0.15) is 13.2 Å². The van der Waals surface area contributed by atoms with Gasteiger partial charge in [0.2, 0.25) is 0 Å². The van der Waals surface area contributed by atoms with Gasteiger partial charge in [0.25, 0.3) is 11.7 Å². The van der Waals surface area contributed by atoms with Crippen LogP contribution in [0.15, 0.2) is 36.5 Å². The number of ketones is 1. The van der Waals surface area contributed by atoms with Gasteiger partial charge >= 0.3 is 18.2 Å². The minimum atomic E-state index is -5.01. The Hall–Kier alpha value is -3.37. The van der Waals surface area contributed by atoms with E-state index in [-0.39, 0.29) is 23.4 Å². The van der Waals surface area contributed by atoms with Crippen molar-refractivity contribution in [3.05, 3.63) is 42.1 Å². The minimum absolute atomic E-state index is 0.0543. The first-order chi connectivity index (χ1) is 13.5. The first kappa shape index (κ1) is 23.7. The summed E-state index contributed by atoms with van der Waals surface area (Å²) in [7, 11) is 0. The summed E-state index contributed by atoms with van der Waals surface area (Å²) in [4.78, 5) is 46.1. The lowest BCUT2D eigenvalue weighted by molar-refractivity contribution is -0.165. The van der Waals surface area contributed by atoms with E-state index in [0.29, 0.717) is 6.42 Å². The number of nitrogens with one attached hydrogen (secondary N) is 3. The standard InChI is InChI=1S/C18H20F3N3O5/c1-3-11(2)23-17(28)24-15(26)10-29-16(27)12-6-4-5-7-13(12)22-9-8-14(25)18(19,20)21/h4-9,11,22H,3,10H2,1-2H3,(H2,23,24,26,28)/b9-8+/t11-/m1/s1. The Morgan fingerprint density at radius 3 is 2.45 bits per heavy atom. The van der Waals surface area contributed by atoms with E-state index in [1.807, 2.05) is 12.2 Å². The molecule has 1 aromatic rings. The molecule has 0 fully saturated rings. The number of anilines is 1. The van der Waals surface area contributed by atoms with Crippen LogP contribution in [0.4, 0.5) is 23.7 Å². The minimum Gasteiger partial charge on any atom is -0.452 e. The maximum atomic E-state index is 12.2. The molecule has 11 heteroatoms. The second-order valence-corrected chi connectivity index (χ2v) is 5.79. The second-order valence-electron chi connectivity index (χ2n) is 5.79. The quantitative estimate of drug-likeness (QED) is 0.444. The molecular weight excluding hydrogens is 395 g/mol. The highest BCUT2D eigenvalue weighted by molar-refractivity contribution is 5.99. The summed E-state index contributed by atoms with van der Waals surface area (Å²) < 4.78 is 41.3. The van der Waals surface area contributed by atoms with Gasteiger partial charge in [-0.25, -0.2) is 9.59 Å². The van der Waals surface area contributed by atoms with E-state index in [1.54, 1.807) is 6.92 Å². The number of halogens is 3. The third-order valence-electron chi connectivity index (χ3n) is 3.48. The molecule has 0 heterocycles. The van der Waals surface area contributed by atoms with Crippen molar-refractivity contribution in [2.75, 3.05) is 11.9 Å². The molecule has 0 radical (unpaired) electrons. The van der Waals surface area contributed by atoms with Gasteiger partial charge < -0.3 is 15.4 Å². The Bertz CT molecular complexity index is 793. The molecule has 0 bridgehead atoms. The van der Waals surface area contributed by atoms with Gasteiger partial charge in [-0.3, -0.25) is 14.9 Å². The predicted octanol–water partition coefficient (Wildman–Crippen LogP) is 2.52. The fraction of sp³-hybridized carbons (Fsp3) is 0.333. The van der Waals surface area contributed by atoms with Crippen LogP contribution in [-0.4, -0.2) is 42.5 Å². The number of alkyl halides is 3. The van der Waals surface area contributed by atoms with Gasteiger partial charge in [-0.05, 0) is 25.5 Å². The molecule has 3 amide bonds. The molecule has 8 nitrogen and oxygen atoms in total. The Morgan fingerprint density at radius 1 is 1.17 bits per heavy atom. The molecule has 29 heavy (non-hydrogen) atoms. The van der Waals surface area contributed by atoms with Gasteiger partial charge in [0.1, 0.15) is 0 Å². The molecule has 0 unspecified atom stereocenters. The number of allylic oxidation sites excluding steroid dienone is 1. The van der Waals surface area contributed by atoms with Gasteiger partial charge in [-0.15, -0.1) is 0 Å². The monoisotopic (exact) mass is 415 g/mol. The lowest BCUT2D eigenvalue weighted by Gasteiger charge is -2.12. The number of hydrogen-bond acceptors (Lipinski definition) is 6. The molecule has 0 aliphatic heterocycles. The van der Waals surface area contributed by atoms with Crippen molar-refractivity contribution in [1.82, 2.24) is 10.6 Å². The van der Waals surface area contributed by atoms with Gasteiger partial charge in [0, 0.05) is 18.3 Å². The van der Waals surface area contributed by atoms with Crippen LogP contribution in [0, 0.1) is 0 Å². The van der Waals surface area contributed by atoms with Crippen molar-refractivity contribution in [3.63, 3.8) is 0 Å². The molecule has 1 aromatic carbocycles. The summed E-state index contributed by atoms with van der Waals surface area (Å²) in [6, 6.07) is 4.73. The number of carbonyl (C=O) groups excluding carboxylic acids is 4. The predicted molar refractivity (Wildman–Crippen MR) is 97.0 cm³/mol. The zero-order chi connectivity index (χ0) is 22.0. The first-order valence-electron chi connectivity index (χ1n) is 8.45. The molecule has 0 aliphatic rings.